The Labute approximate surface area is 77.2 Å². The minimum atomic E-state index is -0.255. The third-order valence-electron chi connectivity index (χ3n) is 2.01. The third kappa shape index (κ3) is 2.14. The number of amides is 1. The Hall–Kier alpha value is -0.220. The highest BCUT2D eigenvalue weighted by molar-refractivity contribution is 8.01. The molecule has 12 heavy (non-hydrogen) atoms. The number of hydroxylamine groups is 1. The van der Waals surface area contributed by atoms with Crippen molar-refractivity contribution in [2.75, 3.05) is 12.4 Å². The van der Waals surface area contributed by atoms with Gasteiger partial charge < -0.3 is 0 Å². The molecule has 0 spiro atoms. The second kappa shape index (κ2) is 4.14. The minimum absolute atomic E-state index is 0.00634. The van der Waals surface area contributed by atoms with Crippen LogP contribution in [-0.4, -0.2) is 23.0 Å². The number of hydrogen-bond donors (Lipinski definition) is 1. The summed E-state index contributed by atoms with van der Waals surface area (Å²) in [6.45, 7) is 4.34. The van der Waals surface area contributed by atoms with E-state index < -0.39 is 0 Å². The van der Waals surface area contributed by atoms with Gasteiger partial charge >= 0.3 is 0 Å². The molecule has 1 rings (SSSR count). The Morgan fingerprint density at radius 1 is 1.75 bits per heavy atom. The van der Waals surface area contributed by atoms with E-state index in [9.17, 15) is 4.79 Å². The topological polar surface area (TPSA) is 38.3 Å². The molecule has 4 heteroatoms. The maximum absolute atomic E-state index is 11.5. The molecule has 0 aromatic heterocycles. The fourth-order valence-corrected chi connectivity index (χ4v) is 2.40. The van der Waals surface area contributed by atoms with E-state index in [2.05, 4.69) is 5.48 Å². The molecule has 1 aliphatic heterocycles. The molecule has 1 fully saturated rings. The number of hydrogen-bond acceptors (Lipinski definition) is 3. The first-order valence-electron chi connectivity index (χ1n) is 4.25. The number of thioether (sulfide) groups is 1. The second-order valence-electron chi connectivity index (χ2n) is 3.05. The summed E-state index contributed by atoms with van der Waals surface area (Å²) in [5.41, 5.74) is 2.46. The van der Waals surface area contributed by atoms with Crippen LogP contribution in [0.5, 0.6) is 0 Å². The van der Waals surface area contributed by atoms with Crippen molar-refractivity contribution in [2.45, 2.75) is 31.4 Å². The highest BCUT2D eigenvalue weighted by Crippen LogP contribution is 2.37. The van der Waals surface area contributed by atoms with Gasteiger partial charge in [-0.05, 0) is 32.4 Å². The zero-order chi connectivity index (χ0) is 9.03. The molecule has 1 saturated heterocycles. The molecule has 0 saturated carbocycles. The van der Waals surface area contributed by atoms with Crippen molar-refractivity contribution < 1.29 is 9.63 Å². The minimum Gasteiger partial charge on any atom is -0.274 e. The van der Waals surface area contributed by atoms with Crippen molar-refractivity contribution in [3.8, 4) is 0 Å². The molecule has 1 atom stereocenters. The van der Waals surface area contributed by atoms with E-state index in [0.717, 1.165) is 18.6 Å². The standard InChI is InChI=1S/C8H15NO2S/c1-3-11-9-7(10)8(2)5-4-6-12-8/h3-6H2,1-2H3,(H,9,10). The lowest BCUT2D eigenvalue weighted by atomic mass is 10.1. The molecule has 0 aromatic rings. The summed E-state index contributed by atoms with van der Waals surface area (Å²) in [6.07, 6.45) is 2.08. The molecule has 0 bridgehead atoms. The van der Waals surface area contributed by atoms with Gasteiger partial charge in [-0.2, -0.15) is 0 Å². The van der Waals surface area contributed by atoms with Crippen molar-refractivity contribution in [2.24, 2.45) is 0 Å². The number of nitrogens with one attached hydrogen (secondary N) is 1. The van der Waals surface area contributed by atoms with E-state index in [1.165, 1.54) is 0 Å². The predicted octanol–water partition coefficient (Wildman–Crippen LogP) is 1.34. The van der Waals surface area contributed by atoms with Crippen molar-refractivity contribution in [3.05, 3.63) is 0 Å². The molecule has 1 amide bonds. The van der Waals surface area contributed by atoms with Crippen molar-refractivity contribution in [1.82, 2.24) is 5.48 Å². The van der Waals surface area contributed by atoms with Crippen LogP contribution in [0.1, 0.15) is 26.7 Å². The van der Waals surface area contributed by atoms with Gasteiger partial charge in [0.15, 0.2) is 0 Å². The maximum Gasteiger partial charge on any atom is 0.259 e. The summed E-state index contributed by atoms with van der Waals surface area (Å²) in [5.74, 6) is 1.09. The van der Waals surface area contributed by atoms with Gasteiger partial charge in [-0.1, -0.05) is 0 Å². The molecular weight excluding hydrogens is 174 g/mol. The van der Waals surface area contributed by atoms with Crippen LogP contribution >= 0.6 is 11.8 Å². The van der Waals surface area contributed by atoms with Crippen molar-refractivity contribution >= 4 is 17.7 Å². The SMILES string of the molecule is CCONC(=O)C1(C)CCCS1. The van der Waals surface area contributed by atoms with Crippen LogP contribution in [0.15, 0.2) is 0 Å². The lowest BCUT2D eigenvalue weighted by Gasteiger charge is -2.20. The van der Waals surface area contributed by atoms with Crippen molar-refractivity contribution in [3.63, 3.8) is 0 Å². The van der Waals surface area contributed by atoms with E-state index in [4.69, 9.17) is 4.84 Å². The normalized spacial score (nSPS) is 28.8. The first-order valence-corrected chi connectivity index (χ1v) is 5.24. The molecule has 1 unspecified atom stereocenters. The molecular formula is C8H15NO2S. The quantitative estimate of drug-likeness (QED) is 0.681. The van der Waals surface area contributed by atoms with E-state index in [-0.39, 0.29) is 10.7 Å². The van der Waals surface area contributed by atoms with Gasteiger partial charge in [-0.25, -0.2) is 5.48 Å². The lowest BCUT2D eigenvalue weighted by Crippen LogP contribution is -2.40. The highest BCUT2D eigenvalue weighted by atomic mass is 32.2. The van der Waals surface area contributed by atoms with Crippen LogP contribution in [0.4, 0.5) is 0 Å². The molecule has 1 heterocycles. The summed E-state index contributed by atoms with van der Waals surface area (Å²) in [5, 5.41) is 0. The second-order valence-corrected chi connectivity index (χ2v) is 4.65. The van der Waals surface area contributed by atoms with Crippen LogP contribution in [0.2, 0.25) is 0 Å². The summed E-state index contributed by atoms with van der Waals surface area (Å²) in [4.78, 5) is 16.3. The first-order chi connectivity index (χ1) is 5.69. The van der Waals surface area contributed by atoms with Gasteiger partial charge in [-0.3, -0.25) is 9.63 Å². The number of carbonyl (C=O) groups excluding carboxylic acids is 1. The fraction of sp³-hybridized carbons (Fsp3) is 0.875. The van der Waals surface area contributed by atoms with E-state index in [0.29, 0.717) is 6.61 Å². The Balaban J connectivity index is 2.39. The van der Waals surface area contributed by atoms with Gasteiger partial charge in [0, 0.05) is 0 Å². The molecule has 0 aromatic carbocycles. The number of rotatable bonds is 3. The molecule has 1 aliphatic rings. The van der Waals surface area contributed by atoms with E-state index in [1.807, 2.05) is 13.8 Å². The average molecular weight is 189 g/mol. The molecule has 1 N–H and O–H groups in total. The fourth-order valence-electron chi connectivity index (χ4n) is 1.20. The van der Waals surface area contributed by atoms with Crippen LogP contribution in [0.3, 0.4) is 0 Å². The smallest absolute Gasteiger partial charge is 0.259 e. The summed E-state index contributed by atoms with van der Waals surface area (Å²) >= 11 is 1.71. The number of carbonyl (C=O) groups is 1. The maximum atomic E-state index is 11.5. The van der Waals surface area contributed by atoms with Crippen molar-refractivity contribution in [1.29, 1.82) is 0 Å². The van der Waals surface area contributed by atoms with Gasteiger partial charge in [-0.15, -0.1) is 11.8 Å². The zero-order valence-corrected chi connectivity index (χ0v) is 8.37. The monoisotopic (exact) mass is 189 g/mol. The molecule has 0 radical (unpaired) electrons. The van der Waals surface area contributed by atoms with Gasteiger partial charge in [0.25, 0.3) is 5.91 Å². The van der Waals surface area contributed by atoms with Crippen LogP contribution in [-0.2, 0) is 9.63 Å². The Morgan fingerprint density at radius 2 is 2.50 bits per heavy atom. The molecule has 70 valence electrons. The van der Waals surface area contributed by atoms with E-state index >= 15 is 0 Å². The summed E-state index contributed by atoms with van der Waals surface area (Å²) in [7, 11) is 0. The van der Waals surface area contributed by atoms with Gasteiger partial charge in [0.1, 0.15) is 0 Å². The van der Waals surface area contributed by atoms with Crippen LogP contribution < -0.4 is 5.48 Å². The summed E-state index contributed by atoms with van der Waals surface area (Å²) in [6, 6.07) is 0. The average Bonchev–Trinajstić information content (AvgIpc) is 2.49. The molecule has 0 aliphatic carbocycles. The predicted molar refractivity (Wildman–Crippen MR) is 49.9 cm³/mol. The summed E-state index contributed by atoms with van der Waals surface area (Å²) < 4.78 is -0.255. The first kappa shape index (κ1) is 9.86. The largest absolute Gasteiger partial charge is 0.274 e. The Kier molecular flexibility index (Phi) is 3.40. The van der Waals surface area contributed by atoms with Gasteiger partial charge in [0.2, 0.25) is 0 Å². The van der Waals surface area contributed by atoms with E-state index in [1.54, 1.807) is 11.8 Å². The Morgan fingerprint density at radius 3 is 3.00 bits per heavy atom. The molecule has 3 nitrogen and oxygen atoms in total. The van der Waals surface area contributed by atoms with Crippen LogP contribution in [0, 0.1) is 0 Å². The van der Waals surface area contributed by atoms with Crippen LogP contribution in [0.25, 0.3) is 0 Å². The highest BCUT2D eigenvalue weighted by Gasteiger charge is 2.37. The lowest BCUT2D eigenvalue weighted by molar-refractivity contribution is -0.135. The zero-order valence-electron chi connectivity index (χ0n) is 7.55. The Bertz CT molecular complexity index is 166. The van der Waals surface area contributed by atoms with Gasteiger partial charge in [0.05, 0.1) is 11.4 Å². The third-order valence-corrected chi connectivity index (χ3v) is 3.53.